The second-order valence-electron chi connectivity index (χ2n) is 6.37. The van der Waals surface area contributed by atoms with E-state index < -0.39 is 5.85 Å². The van der Waals surface area contributed by atoms with Crippen molar-refractivity contribution in [3.8, 4) is 17.1 Å². The van der Waals surface area contributed by atoms with E-state index in [1.54, 1.807) is 16.9 Å². The highest BCUT2D eigenvalue weighted by Gasteiger charge is 2.23. The summed E-state index contributed by atoms with van der Waals surface area (Å²) in [5.41, 5.74) is 2.28. The lowest BCUT2D eigenvalue weighted by molar-refractivity contribution is -0.0892. The lowest BCUT2D eigenvalue weighted by atomic mass is 10.1. The van der Waals surface area contributed by atoms with Crippen molar-refractivity contribution in [2.24, 2.45) is 0 Å². The van der Waals surface area contributed by atoms with Gasteiger partial charge in [-0.3, -0.25) is 0 Å². The van der Waals surface area contributed by atoms with Crippen molar-refractivity contribution < 1.29 is 13.5 Å². The fraction of sp³-hybridized carbons (Fsp3) is 0.278. The maximum absolute atomic E-state index is 12.9. The number of benzene rings is 2. The van der Waals surface area contributed by atoms with Gasteiger partial charge in [-0.1, -0.05) is 12.1 Å². The van der Waals surface area contributed by atoms with E-state index in [9.17, 15) is 8.78 Å². The maximum Gasteiger partial charge on any atom is 0.408 e. The number of anilines is 2. The smallest absolute Gasteiger partial charge is 0.408 e. The van der Waals surface area contributed by atoms with Crippen LogP contribution in [-0.2, 0) is 6.54 Å². The predicted molar refractivity (Wildman–Crippen MR) is 107 cm³/mol. The fourth-order valence-electron chi connectivity index (χ4n) is 2.44. The van der Waals surface area contributed by atoms with E-state index in [1.165, 1.54) is 21.4 Å². The third kappa shape index (κ3) is 5.68. The second kappa shape index (κ2) is 8.58. The molecule has 0 saturated carbocycles. The molecule has 1 heterocycles. The zero-order valence-electron chi connectivity index (χ0n) is 15.5. The maximum atomic E-state index is 12.9. The summed E-state index contributed by atoms with van der Waals surface area (Å²) in [5, 5.41) is 15.9. The molecule has 1 N–H and O–H groups in total. The van der Waals surface area contributed by atoms with Crippen LogP contribution in [0.4, 0.5) is 20.2 Å². The highest BCUT2D eigenvalue weighted by Crippen LogP contribution is 2.30. The van der Waals surface area contributed by atoms with Crippen molar-refractivity contribution in [1.82, 2.24) is 25.1 Å². The first-order valence-electron chi connectivity index (χ1n) is 8.55. The number of ether oxygens (including phenoxy) is 1. The quantitative estimate of drug-likeness (QED) is 0.578. The Kier molecular flexibility index (Phi) is 6.16. The van der Waals surface area contributed by atoms with Crippen molar-refractivity contribution in [1.29, 1.82) is 0 Å². The van der Waals surface area contributed by atoms with Crippen molar-refractivity contribution in [3.63, 3.8) is 0 Å². The minimum Gasteiger partial charge on any atom is -0.430 e. The van der Waals surface area contributed by atoms with Gasteiger partial charge in [-0.25, -0.2) is 0 Å². The number of hydrogen-bond donors (Lipinski definition) is 1. The summed E-state index contributed by atoms with van der Waals surface area (Å²) in [6, 6.07) is 13.8. The molecule has 1 unspecified atom stereocenters. The molecular weight excluding hydrogens is 385 g/mol. The van der Waals surface area contributed by atoms with Gasteiger partial charge in [0.2, 0.25) is 5.82 Å². The van der Waals surface area contributed by atoms with Gasteiger partial charge in [0.25, 0.3) is 0 Å². The topological polar surface area (TPSA) is 68.1 Å². The molecule has 0 aliphatic carbocycles. The van der Waals surface area contributed by atoms with Gasteiger partial charge in [0.1, 0.15) is 5.75 Å². The Hall–Kier alpha value is -2.64. The third-order valence-electron chi connectivity index (χ3n) is 3.76. The zero-order chi connectivity index (χ0) is 20.1. The van der Waals surface area contributed by atoms with E-state index in [2.05, 4.69) is 25.5 Å². The molecule has 0 spiro atoms. The predicted octanol–water partition coefficient (Wildman–Crippen LogP) is 3.45. The molecule has 0 fully saturated rings. The number of tetrazole rings is 1. The first-order valence-corrected chi connectivity index (χ1v) is 9.13. The van der Waals surface area contributed by atoms with Gasteiger partial charge in [0.15, 0.2) is 0 Å². The van der Waals surface area contributed by atoms with Crippen LogP contribution in [0.3, 0.4) is 0 Å². The molecule has 28 heavy (non-hydrogen) atoms. The summed E-state index contributed by atoms with van der Waals surface area (Å²) >= 11 is 0. The monoisotopic (exact) mass is 406 g/mol. The van der Waals surface area contributed by atoms with Crippen LogP contribution in [-0.4, -0.2) is 51.6 Å². The molecule has 0 aliphatic rings. The van der Waals surface area contributed by atoms with E-state index in [0.29, 0.717) is 18.1 Å². The van der Waals surface area contributed by atoms with Crippen LogP contribution in [0.25, 0.3) is 11.4 Å². The second-order valence-corrected chi connectivity index (χ2v) is 7.04. The number of para-hydroxylation sites is 1. The van der Waals surface area contributed by atoms with Gasteiger partial charge in [-0.15, -0.1) is 10.2 Å². The number of rotatable bonds is 8. The molecule has 10 heteroatoms. The van der Waals surface area contributed by atoms with Crippen molar-refractivity contribution in [2.75, 3.05) is 26.0 Å². The van der Waals surface area contributed by atoms with E-state index in [4.69, 9.17) is 0 Å². The number of nitrogens with zero attached hydrogens (tertiary/aromatic N) is 5. The average Bonchev–Trinajstić information content (AvgIpc) is 3.10. The minimum atomic E-state index is -3.30. The summed E-state index contributed by atoms with van der Waals surface area (Å²) in [7, 11) is 5.31. The number of likely N-dealkylation sites (N-methyl/N-ethyl adjacent to an activating group) is 1. The number of nitrogens with one attached hydrogen (secondary N) is 1. The Bertz CT molecular complexity index is 911. The largest absolute Gasteiger partial charge is 0.430 e. The number of aromatic nitrogens is 4. The number of hydrogen-bond acceptors (Lipinski definition) is 6. The molecule has 148 valence electrons. The van der Waals surface area contributed by atoms with Crippen LogP contribution >= 0.6 is 9.24 Å². The Balaban J connectivity index is 1.76. The number of alkyl halides is 2. The van der Waals surface area contributed by atoms with Crippen LogP contribution in [0, 0.1) is 0 Å². The van der Waals surface area contributed by atoms with Crippen LogP contribution in [0.1, 0.15) is 0 Å². The average molecular weight is 406 g/mol. The van der Waals surface area contributed by atoms with E-state index in [1.807, 2.05) is 43.3 Å². The van der Waals surface area contributed by atoms with Gasteiger partial charge in [-0.2, -0.15) is 13.6 Å². The third-order valence-corrected chi connectivity index (χ3v) is 3.87. The highest BCUT2D eigenvalue weighted by molar-refractivity contribution is 7.17. The molecule has 3 aromatic rings. The molecule has 0 radical (unpaired) electrons. The molecule has 0 bridgehead atoms. The molecule has 0 saturated heterocycles. The SMILES string of the molecule is CN(C)CCn1nnc(-c2ccccc2Nc2ccc(OC(F)(F)P)cc2)n1. The van der Waals surface area contributed by atoms with Crippen LogP contribution in [0.2, 0.25) is 0 Å². The molecule has 7 nitrogen and oxygen atoms in total. The van der Waals surface area contributed by atoms with Crippen LogP contribution in [0.15, 0.2) is 48.5 Å². The normalized spacial score (nSPS) is 11.6. The van der Waals surface area contributed by atoms with Gasteiger partial charge in [0, 0.05) is 23.5 Å². The van der Waals surface area contributed by atoms with E-state index in [0.717, 1.165) is 17.8 Å². The Labute approximate surface area is 163 Å². The van der Waals surface area contributed by atoms with E-state index >= 15 is 0 Å². The first-order chi connectivity index (χ1) is 13.3. The fourth-order valence-corrected chi connectivity index (χ4v) is 2.58. The summed E-state index contributed by atoms with van der Waals surface area (Å²) in [5.74, 6) is -2.72. The van der Waals surface area contributed by atoms with Gasteiger partial charge < -0.3 is 15.0 Å². The Morgan fingerprint density at radius 3 is 2.54 bits per heavy atom. The Morgan fingerprint density at radius 2 is 1.86 bits per heavy atom. The van der Waals surface area contributed by atoms with Gasteiger partial charge in [-0.05, 0) is 64.9 Å². The van der Waals surface area contributed by atoms with Crippen LogP contribution in [0.5, 0.6) is 5.75 Å². The molecule has 2 aromatic carbocycles. The molecule has 1 atom stereocenters. The lowest BCUT2D eigenvalue weighted by Crippen LogP contribution is -2.19. The zero-order valence-corrected chi connectivity index (χ0v) is 16.7. The minimum absolute atomic E-state index is 0.0735. The molecule has 3 rings (SSSR count). The molecule has 1 aromatic heterocycles. The molecule has 0 aliphatic heterocycles. The van der Waals surface area contributed by atoms with Crippen molar-refractivity contribution in [2.45, 2.75) is 12.4 Å². The highest BCUT2D eigenvalue weighted by atomic mass is 31.0. The Morgan fingerprint density at radius 1 is 1.14 bits per heavy atom. The van der Waals surface area contributed by atoms with Gasteiger partial charge >= 0.3 is 5.85 Å². The van der Waals surface area contributed by atoms with Crippen LogP contribution < -0.4 is 10.1 Å². The number of halogens is 2. The molecule has 0 amide bonds. The van der Waals surface area contributed by atoms with Crippen molar-refractivity contribution in [3.05, 3.63) is 48.5 Å². The first kappa shape index (κ1) is 20.1. The lowest BCUT2D eigenvalue weighted by Gasteiger charge is -2.14. The summed E-state index contributed by atoms with van der Waals surface area (Å²) in [6.45, 7) is 1.44. The van der Waals surface area contributed by atoms with E-state index in [-0.39, 0.29) is 5.75 Å². The molecular formula is C18H21F2N6OP. The summed E-state index contributed by atoms with van der Waals surface area (Å²) < 4.78 is 30.3. The summed E-state index contributed by atoms with van der Waals surface area (Å²) in [4.78, 5) is 3.60. The summed E-state index contributed by atoms with van der Waals surface area (Å²) in [6.07, 6.45) is 0. The van der Waals surface area contributed by atoms with Gasteiger partial charge in [0.05, 0.1) is 6.54 Å². The standard InChI is InChI=1S/C18H21F2N6OP/c1-25(2)11-12-26-23-17(22-24-26)15-5-3-4-6-16(15)21-13-7-9-14(10-8-13)27-18(19,20)28/h3-10,21H,11-12,28H2,1-2H3. The van der Waals surface area contributed by atoms with Crippen molar-refractivity contribution >= 4 is 20.6 Å².